The molecule has 1 aliphatic carbocycles. The third-order valence-electron chi connectivity index (χ3n) is 7.50. The van der Waals surface area contributed by atoms with E-state index in [4.69, 9.17) is 4.74 Å². The molecule has 2 aromatic rings. The van der Waals surface area contributed by atoms with Crippen molar-refractivity contribution in [3.8, 4) is 5.75 Å². The first-order valence-electron chi connectivity index (χ1n) is 12.7. The van der Waals surface area contributed by atoms with Gasteiger partial charge in [-0.05, 0) is 48.9 Å². The monoisotopic (exact) mass is 486 g/mol. The first-order chi connectivity index (χ1) is 17.4. The number of benzene rings is 2. The highest BCUT2D eigenvalue weighted by molar-refractivity contribution is 6.22. The molecule has 186 valence electrons. The van der Waals surface area contributed by atoms with E-state index in [2.05, 4.69) is 13.8 Å². The number of ether oxygens (including phenoxy) is 1. The largest absolute Gasteiger partial charge is 0.426 e. The number of aryl methyl sites for hydroxylation is 2. The summed E-state index contributed by atoms with van der Waals surface area (Å²) in [6, 6.07) is 12.5. The lowest BCUT2D eigenvalue weighted by molar-refractivity contribution is -0.139. The van der Waals surface area contributed by atoms with Gasteiger partial charge in [0.1, 0.15) is 5.75 Å². The van der Waals surface area contributed by atoms with Crippen LogP contribution in [0.4, 0.5) is 11.4 Å². The van der Waals surface area contributed by atoms with Crippen molar-refractivity contribution in [1.29, 1.82) is 0 Å². The third kappa shape index (κ3) is 4.12. The fraction of sp³-hybridized carbons (Fsp3) is 0.379. The van der Waals surface area contributed by atoms with Gasteiger partial charge in [0.05, 0.1) is 23.4 Å². The molecule has 7 heteroatoms. The van der Waals surface area contributed by atoms with Crippen LogP contribution in [0.15, 0.2) is 54.6 Å². The maximum Gasteiger partial charge on any atom is 0.316 e. The van der Waals surface area contributed by atoms with Gasteiger partial charge in [-0.1, -0.05) is 50.3 Å². The Morgan fingerprint density at radius 1 is 0.917 bits per heavy atom. The molecule has 2 fully saturated rings. The quantitative estimate of drug-likeness (QED) is 0.264. The van der Waals surface area contributed by atoms with Gasteiger partial charge in [-0.2, -0.15) is 0 Å². The van der Waals surface area contributed by atoms with Crippen LogP contribution in [-0.2, 0) is 32.0 Å². The highest BCUT2D eigenvalue weighted by atomic mass is 16.5. The van der Waals surface area contributed by atoms with Gasteiger partial charge in [0.15, 0.2) is 0 Å². The minimum absolute atomic E-state index is 0.0825. The van der Waals surface area contributed by atoms with E-state index >= 15 is 0 Å². The summed E-state index contributed by atoms with van der Waals surface area (Å²) < 4.78 is 5.65. The number of nitrogens with zero attached hydrogens (tertiary/aromatic N) is 2. The number of allylic oxidation sites excluding steroid dienone is 2. The molecule has 5 rings (SSSR count). The highest BCUT2D eigenvalue weighted by Crippen LogP contribution is 2.39. The lowest BCUT2D eigenvalue weighted by atomic mass is 9.85. The smallest absolute Gasteiger partial charge is 0.316 e. The second-order valence-corrected chi connectivity index (χ2v) is 9.62. The molecule has 0 bridgehead atoms. The number of para-hydroxylation sites is 1. The van der Waals surface area contributed by atoms with Gasteiger partial charge >= 0.3 is 5.97 Å². The second-order valence-electron chi connectivity index (χ2n) is 9.62. The third-order valence-corrected chi connectivity index (χ3v) is 7.50. The van der Waals surface area contributed by atoms with Crippen molar-refractivity contribution in [3.63, 3.8) is 0 Å². The standard InChI is InChI=1S/C29H30N2O5/c1-3-18-9-7-10-19(4-2)26(18)30-17-20(15-25(30)32)29(35)36-22-12-8-11-21(16-22)31-27(33)23-13-5-6-14-24(23)28(31)34/h5-12,16,20,23-24H,3-4,13-15,17H2,1-2H3/t20-,23-,24-/m1/s1. The minimum atomic E-state index is -0.597. The minimum Gasteiger partial charge on any atom is -0.426 e. The summed E-state index contributed by atoms with van der Waals surface area (Å²) in [6.07, 6.45) is 6.69. The predicted molar refractivity (Wildman–Crippen MR) is 136 cm³/mol. The van der Waals surface area contributed by atoms with Gasteiger partial charge in [-0.25, -0.2) is 4.90 Å². The van der Waals surface area contributed by atoms with Gasteiger partial charge in [-0.3, -0.25) is 19.2 Å². The molecule has 0 spiro atoms. The molecule has 0 radical (unpaired) electrons. The lowest BCUT2D eigenvalue weighted by Crippen LogP contribution is -2.31. The average Bonchev–Trinajstić information content (AvgIpc) is 3.40. The molecule has 0 N–H and O–H groups in total. The van der Waals surface area contributed by atoms with Crippen LogP contribution in [0.2, 0.25) is 0 Å². The topological polar surface area (TPSA) is 84.0 Å². The molecule has 3 atom stereocenters. The summed E-state index contributed by atoms with van der Waals surface area (Å²) in [7, 11) is 0. The van der Waals surface area contributed by atoms with Crippen LogP contribution in [0.3, 0.4) is 0 Å². The van der Waals surface area contributed by atoms with Gasteiger partial charge < -0.3 is 9.64 Å². The number of hydrogen-bond acceptors (Lipinski definition) is 5. The van der Waals surface area contributed by atoms with E-state index < -0.39 is 11.9 Å². The van der Waals surface area contributed by atoms with E-state index in [9.17, 15) is 19.2 Å². The van der Waals surface area contributed by atoms with Crippen LogP contribution in [-0.4, -0.2) is 30.2 Å². The van der Waals surface area contributed by atoms with Gasteiger partial charge in [-0.15, -0.1) is 0 Å². The normalized spacial score (nSPS) is 23.4. The zero-order chi connectivity index (χ0) is 25.4. The number of amides is 3. The Morgan fingerprint density at radius 3 is 2.14 bits per heavy atom. The van der Waals surface area contributed by atoms with E-state index in [0.717, 1.165) is 29.7 Å². The van der Waals surface area contributed by atoms with Gasteiger partial charge in [0, 0.05) is 24.7 Å². The molecule has 0 aromatic heterocycles. The number of rotatable bonds is 6. The molecule has 0 unspecified atom stereocenters. The molecule has 7 nitrogen and oxygen atoms in total. The van der Waals surface area contributed by atoms with Crippen LogP contribution in [0.5, 0.6) is 5.75 Å². The number of anilines is 2. The van der Waals surface area contributed by atoms with E-state index in [0.29, 0.717) is 18.5 Å². The number of imide groups is 1. The summed E-state index contributed by atoms with van der Waals surface area (Å²) in [6.45, 7) is 4.37. The Hall–Kier alpha value is -3.74. The maximum absolute atomic E-state index is 13.1. The number of carbonyl (C=O) groups excluding carboxylic acids is 4. The van der Waals surface area contributed by atoms with Crippen molar-refractivity contribution in [2.24, 2.45) is 17.8 Å². The number of esters is 1. The zero-order valence-corrected chi connectivity index (χ0v) is 20.6. The summed E-state index contributed by atoms with van der Waals surface area (Å²) in [5.41, 5.74) is 3.48. The maximum atomic E-state index is 13.1. The van der Waals surface area contributed by atoms with Crippen LogP contribution in [0.25, 0.3) is 0 Å². The first kappa shape index (κ1) is 24.0. The van der Waals surface area contributed by atoms with Crippen molar-refractivity contribution < 1.29 is 23.9 Å². The Bertz CT molecular complexity index is 1220. The van der Waals surface area contributed by atoms with Gasteiger partial charge in [0.25, 0.3) is 0 Å². The van der Waals surface area contributed by atoms with Crippen molar-refractivity contribution in [2.75, 3.05) is 16.3 Å². The van der Waals surface area contributed by atoms with Crippen molar-refractivity contribution >= 4 is 35.1 Å². The van der Waals surface area contributed by atoms with Gasteiger partial charge in [0.2, 0.25) is 17.7 Å². The Balaban J connectivity index is 1.32. The van der Waals surface area contributed by atoms with E-state index in [1.165, 1.54) is 4.90 Å². The number of hydrogen-bond donors (Lipinski definition) is 0. The number of fused-ring (bicyclic) bond motifs is 1. The fourth-order valence-electron chi connectivity index (χ4n) is 5.58. The summed E-state index contributed by atoms with van der Waals surface area (Å²) in [5, 5.41) is 0. The molecule has 3 aliphatic rings. The van der Waals surface area contributed by atoms with E-state index in [-0.39, 0.29) is 48.3 Å². The van der Waals surface area contributed by atoms with Crippen LogP contribution in [0, 0.1) is 17.8 Å². The predicted octanol–water partition coefficient (Wildman–Crippen LogP) is 4.23. The summed E-state index contributed by atoms with van der Waals surface area (Å²) in [5.74, 6) is -2.02. The molecule has 2 heterocycles. The van der Waals surface area contributed by atoms with Crippen LogP contribution >= 0.6 is 0 Å². The van der Waals surface area contributed by atoms with E-state index in [1.54, 1.807) is 29.2 Å². The molecular formula is C29H30N2O5. The van der Waals surface area contributed by atoms with Crippen molar-refractivity contribution in [2.45, 2.75) is 46.0 Å². The van der Waals surface area contributed by atoms with Crippen molar-refractivity contribution in [3.05, 3.63) is 65.7 Å². The average molecular weight is 487 g/mol. The summed E-state index contributed by atoms with van der Waals surface area (Å²) in [4.78, 5) is 54.8. The van der Waals surface area contributed by atoms with E-state index in [1.807, 2.05) is 30.4 Å². The molecule has 2 saturated heterocycles. The SMILES string of the molecule is CCc1cccc(CC)c1N1C[C@H](C(=O)Oc2cccc(N3C(=O)[C@@H]4CC=CC[C@H]4C3=O)c2)CC1=O. The lowest BCUT2D eigenvalue weighted by Gasteiger charge is -2.23. The molecule has 36 heavy (non-hydrogen) atoms. The molecular weight excluding hydrogens is 456 g/mol. The second kappa shape index (κ2) is 9.72. The fourth-order valence-corrected chi connectivity index (χ4v) is 5.58. The first-order valence-corrected chi connectivity index (χ1v) is 12.7. The Kier molecular flexibility index (Phi) is 6.48. The Labute approximate surface area is 210 Å². The summed E-state index contributed by atoms with van der Waals surface area (Å²) >= 11 is 0. The van der Waals surface area contributed by atoms with Crippen LogP contribution in [0.1, 0.15) is 44.2 Å². The number of carbonyl (C=O) groups is 4. The molecule has 0 saturated carbocycles. The highest BCUT2D eigenvalue weighted by Gasteiger charge is 2.48. The van der Waals surface area contributed by atoms with Crippen LogP contribution < -0.4 is 14.5 Å². The molecule has 2 aromatic carbocycles. The molecule has 2 aliphatic heterocycles. The van der Waals surface area contributed by atoms with Crippen molar-refractivity contribution in [1.82, 2.24) is 0 Å². The molecule has 3 amide bonds. The Morgan fingerprint density at radius 2 is 1.53 bits per heavy atom. The zero-order valence-electron chi connectivity index (χ0n) is 20.6.